The molecule has 158 valence electrons. The van der Waals surface area contributed by atoms with Gasteiger partial charge in [-0.25, -0.2) is 4.39 Å². The molecule has 0 radical (unpaired) electrons. The average Bonchev–Trinajstić information content (AvgIpc) is 3.23. The quantitative estimate of drug-likeness (QED) is 0.488. The van der Waals surface area contributed by atoms with Crippen LogP contribution in [0.4, 0.5) is 10.1 Å². The summed E-state index contributed by atoms with van der Waals surface area (Å²) in [5.74, 6) is -0.767. The lowest BCUT2D eigenvalue weighted by atomic mass is 9.94. The molecule has 3 aromatic rings. The molecule has 0 spiro atoms. The van der Waals surface area contributed by atoms with Gasteiger partial charge in [0, 0.05) is 44.6 Å². The van der Waals surface area contributed by atoms with Gasteiger partial charge >= 0.3 is 5.69 Å². The largest absolute Gasteiger partial charge is 0.369 e. The third-order valence-corrected chi connectivity index (χ3v) is 5.89. The summed E-state index contributed by atoms with van der Waals surface area (Å²) >= 11 is 0. The van der Waals surface area contributed by atoms with Crippen LogP contribution in [0, 0.1) is 5.82 Å². The number of piperazine rings is 1. The normalized spacial score (nSPS) is 16.4. The SMILES string of the molecule is O=C1c2cccnc2C(=O)c2c1n[nH][n+]2CCCN1CCN(c2ccc(F)cc2)CC1. The maximum atomic E-state index is 13.1. The Bertz CT molecular complexity index is 1140. The average molecular weight is 421 g/mol. The van der Waals surface area contributed by atoms with Crippen LogP contribution in [-0.4, -0.2) is 64.5 Å². The van der Waals surface area contributed by atoms with E-state index < -0.39 is 0 Å². The molecule has 3 heterocycles. The number of nitrogens with one attached hydrogen (secondary N) is 1. The van der Waals surface area contributed by atoms with E-state index in [-0.39, 0.29) is 34.5 Å². The standard InChI is InChI=1S/C22H21FN6O2/c23-15-4-6-16(7-5-15)28-13-11-27(12-14-28)9-2-10-29-20-19(25-26-29)21(30)17-3-1-8-24-18(17)22(20)31/h1,3-8H,2,9-14H2/p+1. The van der Waals surface area contributed by atoms with Gasteiger partial charge in [-0.1, -0.05) is 5.21 Å². The molecule has 1 fully saturated rings. The predicted molar refractivity (Wildman–Crippen MR) is 110 cm³/mol. The van der Waals surface area contributed by atoms with E-state index in [1.165, 1.54) is 18.3 Å². The lowest BCUT2D eigenvalue weighted by Crippen LogP contribution is -2.48. The van der Waals surface area contributed by atoms with Crippen LogP contribution in [0.3, 0.4) is 0 Å². The van der Waals surface area contributed by atoms with Crippen LogP contribution < -0.4 is 9.58 Å². The Balaban J connectivity index is 1.18. The molecule has 0 atom stereocenters. The van der Waals surface area contributed by atoms with E-state index in [9.17, 15) is 14.0 Å². The number of rotatable bonds is 5. The minimum atomic E-state index is -0.274. The number of ketones is 2. The number of aromatic amines is 1. The van der Waals surface area contributed by atoms with Crippen molar-refractivity contribution in [2.24, 2.45) is 0 Å². The summed E-state index contributed by atoms with van der Waals surface area (Å²) in [6.45, 7) is 5.02. The van der Waals surface area contributed by atoms with E-state index >= 15 is 0 Å². The summed E-state index contributed by atoms with van der Waals surface area (Å²) in [6.07, 6.45) is 2.33. The van der Waals surface area contributed by atoms with Gasteiger partial charge in [0.1, 0.15) is 18.1 Å². The summed E-state index contributed by atoms with van der Waals surface area (Å²) in [7, 11) is 0. The van der Waals surface area contributed by atoms with Gasteiger partial charge in [0.2, 0.25) is 5.78 Å². The fraction of sp³-hybridized carbons (Fsp3) is 0.318. The number of fused-ring (bicyclic) bond motifs is 2. The summed E-state index contributed by atoms with van der Waals surface area (Å²) < 4.78 is 14.8. The van der Waals surface area contributed by atoms with Crippen molar-refractivity contribution in [3.8, 4) is 0 Å². The van der Waals surface area contributed by atoms with Crippen LogP contribution in [0.5, 0.6) is 0 Å². The Morgan fingerprint density at radius 2 is 1.77 bits per heavy atom. The fourth-order valence-corrected chi connectivity index (χ4v) is 4.23. The number of pyridine rings is 1. The Labute approximate surface area is 178 Å². The monoisotopic (exact) mass is 421 g/mol. The zero-order valence-corrected chi connectivity index (χ0v) is 16.9. The number of carbonyl (C=O) groups is 2. The van der Waals surface area contributed by atoms with Gasteiger partial charge in [-0.3, -0.25) is 19.5 Å². The number of H-pyrrole nitrogens is 1. The summed E-state index contributed by atoms with van der Waals surface area (Å²) in [5.41, 5.74) is 1.98. The first-order chi connectivity index (χ1) is 15.1. The number of benzene rings is 1. The maximum Gasteiger partial charge on any atom is 0.300 e. The molecular weight excluding hydrogens is 399 g/mol. The van der Waals surface area contributed by atoms with Crippen molar-refractivity contribution < 1.29 is 18.7 Å². The van der Waals surface area contributed by atoms with Gasteiger partial charge in [-0.05, 0) is 42.8 Å². The Kier molecular flexibility index (Phi) is 5.03. The van der Waals surface area contributed by atoms with Crippen molar-refractivity contribution in [3.05, 3.63) is 71.1 Å². The van der Waals surface area contributed by atoms with Gasteiger partial charge in [-0.15, -0.1) is 0 Å². The molecule has 5 rings (SSSR count). The molecule has 9 heteroatoms. The number of hydrogen-bond donors (Lipinski definition) is 1. The molecule has 0 amide bonds. The molecule has 0 bridgehead atoms. The van der Waals surface area contributed by atoms with Crippen molar-refractivity contribution in [1.29, 1.82) is 0 Å². The number of halogens is 1. The predicted octanol–water partition coefficient (Wildman–Crippen LogP) is 1.22. The molecule has 0 unspecified atom stereocenters. The molecule has 8 nitrogen and oxygen atoms in total. The first kappa shape index (κ1) is 19.5. The molecule has 1 aliphatic heterocycles. The first-order valence-corrected chi connectivity index (χ1v) is 10.4. The van der Waals surface area contributed by atoms with E-state index in [1.807, 2.05) is 12.1 Å². The van der Waals surface area contributed by atoms with Crippen LogP contribution >= 0.6 is 0 Å². The second-order valence-electron chi connectivity index (χ2n) is 7.78. The fourth-order valence-electron chi connectivity index (χ4n) is 4.23. The molecule has 2 aromatic heterocycles. The first-order valence-electron chi connectivity index (χ1n) is 10.4. The van der Waals surface area contributed by atoms with Gasteiger partial charge in [0.15, 0.2) is 0 Å². The molecule has 2 aliphatic rings. The minimum Gasteiger partial charge on any atom is -0.369 e. The third kappa shape index (κ3) is 3.61. The van der Waals surface area contributed by atoms with Crippen molar-refractivity contribution in [3.63, 3.8) is 0 Å². The van der Waals surface area contributed by atoms with Gasteiger partial charge in [0.25, 0.3) is 11.5 Å². The van der Waals surface area contributed by atoms with Crippen LogP contribution in [0.2, 0.25) is 0 Å². The zero-order valence-electron chi connectivity index (χ0n) is 16.9. The van der Waals surface area contributed by atoms with E-state index in [1.54, 1.807) is 16.8 Å². The second kappa shape index (κ2) is 7.99. The maximum absolute atomic E-state index is 13.1. The van der Waals surface area contributed by atoms with E-state index in [2.05, 4.69) is 25.1 Å². The number of hydrogen-bond acceptors (Lipinski definition) is 6. The third-order valence-electron chi connectivity index (χ3n) is 5.89. The van der Waals surface area contributed by atoms with Gasteiger partial charge < -0.3 is 4.90 Å². The number of anilines is 1. The highest BCUT2D eigenvalue weighted by Crippen LogP contribution is 2.22. The van der Waals surface area contributed by atoms with Crippen LogP contribution in [0.1, 0.15) is 38.7 Å². The van der Waals surface area contributed by atoms with Crippen molar-refractivity contribution in [2.45, 2.75) is 13.0 Å². The lowest BCUT2D eigenvalue weighted by molar-refractivity contribution is -0.755. The minimum absolute atomic E-state index is 0.165. The molecule has 1 aromatic carbocycles. The Hall–Kier alpha value is -3.46. The second-order valence-corrected chi connectivity index (χ2v) is 7.78. The van der Waals surface area contributed by atoms with E-state index in [0.29, 0.717) is 12.1 Å². The van der Waals surface area contributed by atoms with Crippen molar-refractivity contribution >= 4 is 17.3 Å². The highest BCUT2D eigenvalue weighted by Gasteiger charge is 2.41. The summed E-state index contributed by atoms with van der Waals surface area (Å²) in [6, 6.07) is 9.86. The molecule has 31 heavy (non-hydrogen) atoms. The lowest BCUT2D eigenvalue weighted by Gasteiger charge is -2.36. The van der Waals surface area contributed by atoms with Crippen LogP contribution in [0.15, 0.2) is 42.6 Å². The molecule has 1 saturated heterocycles. The molecule has 0 saturated carbocycles. The molecular formula is C22H22FN6O2+. The van der Waals surface area contributed by atoms with E-state index in [0.717, 1.165) is 44.8 Å². The highest BCUT2D eigenvalue weighted by atomic mass is 19.1. The number of aryl methyl sites for hydroxylation is 1. The Morgan fingerprint density at radius 3 is 2.55 bits per heavy atom. The smallest absolute Gasteiger partial charge is 0.300 e. The summed E-state index contributed by atoms with van der Waals surface area (Å²) in [4.78, 5) is 34.2. The molecule has 1 N–H and O–H groups in total. The highest BCUT2D eigenvalue weighted by molar-refractivity contribution is 6.25. The van der Waals surface area contributed by atoms with Gasteiger partial charge in [-0.2, -0.15) is 4.68 Å². The Morgan fingerprint density at radius 1 is 1.00 bits per heavy atom. The zero-order chi connectivity index (χ0) is 21.4. The topological polar surface area (TPSA) is 86.1 Å². The number of carbonyl (C=O) groups excluding carboxylic acids is 2. The van der Waals surface area contributed by atoms with E-state index in [4.69, 9.17) is 0 Å². The number of nitrogens with zero attached hydrogens (tertiary/aromatic N) is 5. The van der Waals surface area contributed by atoms with Crippen molar-refractivity contribution in [1.82, 2.24) is 20.2 Å². The number of aromatic nitrogens is 4. The van der Waals surface area contributed by atoms with Crippen molar-refractivity contribution in [2.75, 3.05) is 37.6 Å². The molecule has 1 aliphatic carbocycles. The van der Waals surface area contributed by atoms with Gasteiger partial charge in [0.05, 0.1) is 10.7 Å². The van der Waals surface area contributed by atoms with Crippen LogP contribution in [-0.2, 0) is 6.54 Å². The van der Waals surface area contributed by atoms with Crippen LogP contribution in [0.25, 0.3) is 0 Å². The summed E-state index contributed by atoms with van der Waals surface area (Å²) in [5, 5.41) is 6.92.